The van der Waals surface area contributed by atoms with Gasteiger partial charge in [-0.2, -0.15) is 4.31 Å². The summed E-state index contributed by atoms with van der Waals surface area (Å²) in [5.74, 6) is -0.0912. The van der Waals surface area contributed by atoms with Crippen molar-refractivity contribution in [1.29, 1.82) is 0 Å². The molecule has 0 unspecified atom stereocenters. The zero-order valence-electron chi connectivity index (χ0n) is 18.6. The first kappa shape index (κ1) is 25.2. The second-order valence-electron chi connectivity index (χ2n) is 7.49. The predicted molar refractivity (Wildman–Crippen MR) is 123 cm³/mol. The van der Waals surface area contributed by atoms with Crippen LogP contribution in [0.5, 0.6) is 5.75 Å². The summed E-state index contributed by atoms with van der Waals surface area (Å²) in [7, 11) is -5.72. The number of methoxy groups -OCH3 is 1. The fourth-order valence-electron chi connectivity index (χ4n) is 3.48. The van der Waals surface area contributed by atoms with Crippen LogP contribution in [0.3, 0.4) is 0 Å². The highest BCUT2D eigenvalue weighted by Gasteiger charge is 2.29. The van der Waals surface area contributed by atoms with Crippen molar-refractivity contribution < 1.29 is 31.1 Å². The molecule has 1 aliphatic heterocycles. The molecule has 9 nitrogen and oxygen atoms in total. The number of sulfone groups is 1. The Morgan fingerprint density at radius 2 is 1.61 bits per heavy atom. The van der Waals surface area contributed by atoms with Crippen molar-refractivity contribution in [1.82, 2.24) is 9.21 Å². The van der Waals surface area contributed by atoms with Crippen LogP contribution in [0.4, 0.5) is 0 Å². The number of benzene rings is 2. The van der Waals surface area contributed by atoms with Crippen LogP contribution in [0.15, 0.2) is 58.3 Å². The van der Waals surface area contributed by atoms with Gasteiger partial charge in [0, 0.05) is 32.7 Å². The van der Waals surface area contributed by atoms with Crippen LogP contribution in [-0.2, 0) is 24.6 Å². The lowest BCUT2D eigenvalue weighted by Crippen LogP contribution is -2.49. The fourth-order valence-corrected chi connectivity index (χ4v) is 6.22. The number of rotatable bonds is 9. The molecular weight excluding hydrogens is 468 g/mol. The quantitative estimate of drug-likeness (QED) is 0.482. The van der Waals surface area contributed by atoms with Gasteiger partial charge in [-0.15, -0.1) is 0 Å². The summed E-state index contributed by atoms with van der Waals surface area (Å²) < 4.78 is 62.6. The molecule has 11 heteroatoms. The van der Waals surface area contributed by atoms with Crippen LogP contribution < -0.4 is 4.74 Å². The summed E-state index contributed by atoms with van der Waals surface area (Å²) in [4.78, 5) is 14.0. The Balaban J connectivity index is 1.57. The summed E-state index contributed by atoms with van der Waals surface area (Å²) in [6.45, 7) is 3.60. The van der Waals surface area contributed by atoms with Crippen LogP contribution in [0, 0.1) is 0 Å². The maximum Gasteiger partial charge on any atom is 0.338 e. The summed E-state index contributed by atoms with van der Waals surface area (Å²) in [5, 5.41) is 0. The zero-order valence-corrected chi connectivity index (χ0v) is 20.3. The molecule has 1 aliphatic rings. The number of ether oxygens (including phenoxy) is 2. The van der Waals surface area contributed by atoms with E-state index in [1.807, 2.05) is 4.90 Å². The van der Waals surface area contributed by atoms with Gasteiger partial charge < -0.3 is 9.47 Å². The first-order valence-electron chi connectivity index (χ1n) is 10.5. The van der Waals surface area contributed by atoms with E-state index in [0.29, 0.717) is 25.4 Å². The second kappa shape index (κ2) is 10.6. The van der Waals surface area contributed by atoms with Gasteiger partial charge in [-0.25, -0.2) is 21.6 Å². The number of piperazine rings is 1. The average Bonchev–Trinajstić information content (AvgIpc) is 2.83. The van der Waals surface area contributed by atoms with Gasteiger partial charge >= 0.3 is 5.97 Å². The van der Waals surface area contributed by atoms with Crippen molar-refractivity contribution in [3.8, 4) is 5.75 Å². The normalized spacial score (nSPS) is 15.8. The number of carbonyl (C=O) groups excluding carboxylic acids is 1. The zero-order chi connectivity index (χ0) is 24.1. The standard InChI is InChI=1S/C22H28N2O7S2/c1-3-31-22(25)18-7-9-20(10-8-18)33(28,29)24-13-11-23(12-14-24)15-16-32(26,27)21-6-4-5-19(17-21)30-2/h4-10,17H,3,11-16H2,1-2H3. The third kappa shape index (κ3) is 6.11. The van der Waals surface area contributed by atoms with Crippen LogP contribution in [-0.4, -0.2) is 84.2 Å². The topological polar surface area (TPSA) is 110 Å². The van der Waals surface area contributed by atoms with E-state index in [2.05, 4.69) is 0 Å². The van der Waals surface area contributed by atoms with Gasteiger partial charge in [0.2, 0.25) is 10.0 Å². The van der Waals surface area contributed by atoms with Crippen molar-refractivity contribution in [2.24, 2.45) is 0 Å². The molecule has 1 heterocycles. The molecule has 1 saturated heterocycles. The lowest BCUT2D eigenvalue weighted by molar-refractivity contribution is 0.0526. The third-order valence-electron chi connectivity index (χ3n) is 5.41. The maximum atomic E-state index is 12.9. The number of sulfonamides is 1. The Morgan fingerprint density at radius 3 is 2.21 bits per heavy atom. The summed E-state index contributed by atoms with van der Waals surface area (Å²) >= 11 is 0. The van der Waals surface area contributed by atoms with E-state index < -0.39 is 25.8 Å². The molecule has 0 bridgehead atoms. The fraction of sp³-hybridized carbons (Fsp3) is 0.409. The minimum absolute atomic E-state index is 0.0672. The minimum atomic E-state index is -3.71. The number of hydrogen-bond donors (Lipinski definition) is 0. The van der Waals surface area contributed by atoms with Crippen LogP contribution in [0.1, 0.15) is 17.3 Å². The molecule has 1 fully saturated rings. The molecule has 33 heavy (non-hydrogen) atoms. The SMILES string of the molecule is CCOC(=O)c1ccc(S(=O)(=O)N2CCN(CCS(=O)(=O)c3cccc(OC)c3)CC2)cc1. The molecule has 3 rings (SSSR count). The van der Waals surface area contributed by atoms with E-state index >= 15 is 0 Å². The van der Waals surface area contributed by atoms with Gasteiger partial charge in [-0.1, -0.05) is 6.07 Å². The van der Waals surface area contributed by atoms with Crippen molar-refractivity contribution in [3.05, 3.63) is 54.1 Å². The lowest BCUT2D eigenvalue weighted by atomic mass is 10.2. The van der Waals surface area contributed by atoms with Gasteiger partial charge in [-0.05, 0) is 49.4 Å². The average molecular weight is 497 g/mol. The largest absolute Gasteiger partial charge is 0.497 e. The Hall–Kier alpha value is -2.47. The van der Waals surface area contributed by atoms with Crippen molar-refractivity contribution in [2.75, 3.05) is 52.2 Å². The number of carbonyl (C=O) groups is 1. The maximum absolute atomic E-state index is 12.9. The molecule has 0 saturated carbocycles. The van der Waals surface area contributed by atoms with E-state index in [4.69, 9.17) is 9.47 Å². The van der Waals surface area contributed by atoms with Gasteiger partial charge in [0.25, 0.3) is 0 Å². The second-order valence-corrected chi connectivity index (χ2v) is 11.5. The molecule has 2 aromatic carbocycles. The first-order valence-corrected chi connectivity index (χ1v) is 13.6. The number of nitrogens with zero attached hydrogens (tertiary/aromatic N) is 2. The Labute approximate surface area is 194 Å². The van der Waals surface area contributed by atoms with E-state index in [0.717, 1.165) is 0 Å². The first-order chi connectivity index (χ1) is 15.7. The van der Waals surface area contributed by atoms with Crippen molar-refractivity contribution >= 4 is 25.8 Å². The number of hydrogen-bond acceptors (Lipinski definition) is 8. The highest BCUT2D eigenvalue weighted by atomic mass is 32.2. The molecule has 0 aromatic heterocycles. The van der Waals surface area contributed by atoms with Crippen LogP contribution in [0.2, 0.25) is 0 Å². The highest BCUT2D eigenvalue weighted by Crippen LogP contribution is 2.20. The molecule has 0 N–H and O–H groups in total. The van der Waals surface area contributed by atoms with Crippen molar-refractivity contribution in [3.63, 3.8) is 0 Å². The van der Waals surface area contributed by atoms with Gasteiger partial charge in [0.05, 0.1) is 34.8 Å². The van der Waals surface area contributed by atoms with Gasteiger partial charge in [0.15, 0.2) is 9.84 Å². The molecule has 0 radical (unpaired) electrons. The van der Waals surface area contributed by atoms with E-state index in [9.17, 15) is 21.6 Å². The lowest BCUT2D eigenvalue weighted by Gasteiger charge is -2.33. The van der Waals surface area contributed by atoms with Crippen LogP contribution >= 0.6 is 0 Å². The molecule has 0 spiro atoms. The molecule has 180 valence electrons. The Bertz CT molecular complexity index is 1170. The molecule has 0 aliphatic carbocycles. The Kier molecular flexibility index (Phi) is 8.11. The van der Waals surface area contributed by atoms with Gasteiger partial charge in [0.1, 0.15) is 5.75 Å². The molecule has 0 amide bonds. The van der Waals surface area contributed by atoms with E-state index in [-0.39, 0.29) is 40.8 Å². The minimum Gasteiger partial charge on any atom is -0.497 e. The van der Waals surface area contributed by atoms with Crippen molar-refractivity contribution in [2.45, 2.75) is 16.7 Å². The predicted octanol–water partition coefficient (Wildman–Crippen LogP) is 1.65. The summed E-state index contributed by atoms with van der Waals surface area (Å²) in [5.41, 5.74) is 0.290. The smallest absolute Gasteiger partial charge is 0.338 e. The molecular formula is C22H28N2O7S2. The number of esters is 1. The monoisotopic (exact) mass is 496 g/mol. The van der Waals surface area contributed by atoms with Crippen LogP contribution in [0.25, 0.3) is 0 Å². The molecule has 2 aromatic rings. The highest BCUT2D eigenvalue weighted by molar-refractivity contribution is 7.91. The molecule has 0 atom stereocenters. The summed E-state index contributed by atoms with van der Waals surface area (Å²) in [6.07, 6.45) is 0. The Morgan fingerprint density at radius 1 is 0.939 bits per heavy atom. The third-order valence-corrected chi connectivity index (χ3v) is 9.02. The van der Waals surface area contributed by atoms with Gasteiger partial charge in [-0.3, -0.25) is 4.90 Å². The summed E-state index contributed by atoms with van der Waals surface area (Å²) in [6, 6.07) is 12.0. The van der Waals surface area contributed by atoms with E-state index in [1.165, 1.54) is 47.8 Å². The van der Waals surface area contributed by atoms with E-state index in [1.54, 1.807) is 19.1 Å².